The summed E-state index contributed by atoms with van der Waals surface area (Å²) in [4.78, 5) is 35.6. The van der Waals surface area contributed by atoms with Gasteiger partial charge in [-0.05, 0) is 38.8 Å². The molecular formula is C19H26N4O3. The highest BCUT2D eigenvalue weighted by Gasteiger charge is 2.20. The largest absolute Gasteiger partial charge is 0.345 e. The van der Waals surface area contributed by atoms with Crippen LogP contribution in [0.5, 0.6) is 0 Å². The number of carbonyl (C=O) groups is 3. The fourth-order valence-corrected chi connectivity index (χ4v) is 2.81. The maximum Gasteiger partial charge on any atom is 0.329 e. The van der Waals surface area contributed by atoms with Crippen LogP contribution in [0.3, 0.4) is 0 Å². The molecule has 7 nitrogen and oxygen atoms in total. The molecule has 0 aromatic heterocycles. The second kappa shape index (κ2) is 9.70. The van der Waals surface area contributed by atoms with Crippen molar-refractivity contribution in [2.75, 3.05) is 5.32 Å². The van der Waals surface area contributed by atoms with Gasteiger partial charge in [0.2, 0.25) is 5.91 Å². The van der Waals surface area contributed by atoms with Crippen molar-refractivity contribution >= 4 is 29.1 Å². The fourth-order valence-electron chi connectivity index (χ4n) is 2.81. The van der Waals surface area contributed by atoms with E-state index in [0.29, 0.717) is 11.4 Å². The van der Waals surface area contributed by atoms with E-state index < -0.39 is 11.8 Å². The van der Waals surface area contributed by atoms with Gasteiger partial charge in [-0.15, -0.1) is 0 Å². The molecule has 0 atom stereocenters. The molecule has 1 aliphatic carbocycles. The average Bonchev–Trinajstić information content (AvgIpc) is 2.62. The number of anilines is 1. The highest BCUT2D eigenvalue weighted by atomic mass is 16.2. The van der Waals surface area contributed by atoms with Crippen LogP contribution >= 0.6 is 0 Å². The normalized spacial score (nSPS) is 15.2. The zero-order valence-electron chi connectivity index (χ0n) is 15.3. The van der Waals surface area contributed by atoms with Gasteiger partial charge in [0.1, 0.15) is 0 Å². The first kappa shape index (κ1) is 19.6. The topological polar surface area (TPSA) is 99.7 Å². The molecule has 1 aliphatic rings. The minimum absolute atomic E-state index is 0.0262. The quantitative estimate of drug-likeness (QED) is 0.428. The van der Waals surface area contributed by atoms with Gasteiger partial charge in [0, 0.05) is 17.4 Å². The Kier molecular flexibility index (Phi) is 7.32. The van der Waals surface area contributed by atoms with Crippen LogP contribution in [-0.4, -0.2) is 29.5 Å². The third-order valence-corrected chi connectivity index (χ3v) is 4.25. The molecule has 0 saturated heterocycles. The van der Waals surface area contributed by atoms with Crippen LogP contribution in [0, 0.1) is 6.92 Å². The number of nitrogens with zero attached hydrogens (tertiary/aromatic N) is 1. The molecule has 0 unspecified atom stereocenters. The van der Waals surface area contributed by atoms with Crippen LogP contribution < -0.4 is 16.1 Å². The molecule has 0 heterocycles. The lowest BCUT2D eigenvalue weighted by Crippen LogP contribution is -2.44. The molecule has 1 fully saturated rings. The molecule has 2 rings (SSSR count). The van der Waals surface area contributed by atoms with Crippen LogP contribution in [0.2, 0.25) is 0 Å². The van der Waals surface area contributed by atoms with Crippen molar-refractivity contribution in [3.63, 3.8) is 0 Å². The molecule has 0 spiro atoms. The lowest BCUT2D eigenvalue weighted by Gasteiger charge is -2.22. The van der Waals surface area contributed by atoms with Gasteiger partial charge < -0.3 is 10.6 Å². The number of nitrogens with one attached hydrogen (secondary N) is 3. The maximum absolute atomic E-state index is 12.0. The summed E-state index contributed by atoms with van der Waals surface area (Å²) in [5.74, 6) is -1.73. The molecular weight excluding hydrogens is 332 g/mol. The van der Waals surface area contributed by atoms with Gasteiger partial charge in [-0.25, -0.2) is 5.43 Å². The maximum atomic E-state index is 12.0. The Morgan fingerprint density at radius 2 is 1.69 bits per heavy atom. The Bertz CT molecular complexity index is 677. The summed E-state index contributed by atoms with van der Waals surface area (Å²) in [6.45, 7) is 3.59. The van der Waals surface area contributed by atoms with Gasteiger partial charge in [-0.2, -0.15) is 5.10 Å². The summed E-state index contributed by atoms with van der Waals surface area (Å²) in [5, 5.41) is 9.30. The number of hydrogen-bond donors (Lipinski definition) is 3. The first-order valence-electron chi connectivity index (χ1n) is 8.94. The summed E-state index contributed by atoms with van der Waals surface area (Å²) in [6.07, 6.45) is 5.14. The highest BCUT2D eigenvalue weighted by molar-refractivity contribution is 6.35. The van der Waals surface area contributed by atoms with E-state index in [1.165, 1.54) is 6.42 Å². The predicted octanol–water partition coefficient (Wildman–Crippen LogP) is 2.26. The van der Waals surface area contributed by atoms with E-state index in [1.54, 1.807) is 6.92 Å². The molecule has 0 bridgehead atoms. The Morgan fingerprint density at radius 3 is 2.35 bits per heavy atom. The second-order valence-corrected chi connectivity index (χ2v) is 6.69. The molecule has 0 aliphatic heterocycles. The van der Waals surface area contributed by atoms with Gasteiger partial charge in [-0.3, -0.25) is 14.4 Å². The van der Waals surface area contributed by atoms with Crippen LogP contribution in [-0.2, 0) is 14.4 Å². The third kappa shape index (κ3) is 6.66. The number of hydrazone groups is 1. The summed E-state index contributed by atoms with van der Waals surface area (Å²) in [5.41, 5.74) is 4.42. The molecule has 1 saturated carbocycles. The van der Waals surface area contributed by atoms with Gasteiger partial charge in [0.15, 0.2) is 0 Å². The Labute approximate surface area is 153 Å². The van der Waals surface area contributed by atoms with Crippen LogP contribution in [0.4, 0.5) is 5.69 Å². The Morgan fingerprint density at radius 1 is 1.04 bits per heavy atom. The van der Waals surface area contributed by atoms with E-state index in [2.05, 4.69) is 21.2 Å². The molecule has 1 aromatic rings. The second-order valence-electron chi connectivity index (χ2n) is 6.69. The SMILES string of the molecule is C/C(CC(=O)Nc1ccc(C)cc1)=N\NC(=O)C(=O)NC1CCCCC1. The standard InChI is InChI=1S/C19H26N4O3/c1-13-8-10-16(11-9-13)20-17(24)12-14(2)22-23-19(26)18(25)21-15-6-4-3-5-7-15/h8-11,15H,3-7,12H2,1-2H3,(H,20,24)(H,21,25)(H,23,26)/b22-14+. The van der Waals surface area contributed by atoms with Crippen molar-refractivity contribution in [3.05, 3.63) is 29.8 Å². The smallest absolute Gasteiger partial charge is 0.329 e. The first-order valence-corrected chi connectivity index (χ1v) is 8.94. The molecule has 3 N–H and O–H groups in total. The molecule has 26 heavy (non-hydrogen) atoms. The number of hydrogen-bond acceptors (Lipinski definition) is 4. The van der Waals surface area contributed by atoms with E-state index >= 15 is 0 Å². The van der Waals surface area contributed by atoms with Crippen molar-refractivity contribution in [2.24, 2.45) is 5.10 Å². The summed E-state index contributed by atoms with van der Waals surface area (Å²) >= 11 is 0. The van der Waals surface area contributed by atoms with Gasteiger partial charge in [-0.1, -0.05) is 37.0 Å². The fraction of sp³-hybridized carbons (Fsp3) is 0.474. The monoisotopic (exact) mass is 358 g/mol. The van der Waals surface area contributed by atoms with E-state index in [-0.39, 0.29) is 18.4 Å². The highest BCUT2D eigenvalue weighted by Crippen LogP contribution is 2.17. The Hall–Kier alpha value is -2.70. The minimum atomic E-state index is -0.811. The zero-order chi connectivity index (χ0) is 18.9. The van der Waals surface area contributed by atoms with E-state index in [1.807, 2.05) is 31.2 Å². The molecule has 140 valence electrons. The number of amides is 3. The lowest BCUT2D eigenvalue weighted by molar-refractivity contribution is -0.139. The summed E-state index contributed by atoms with van der Waals surface area (Å²) < 4.78 is 0. The molecule has 0 radical (unpaired) electrons. The lowest BCUT2D eigenvalue weighted by atomic mass is 9.95. The van der Waals surface area contributed by atoms with Gasteiger partial charge in [0.25, 0.3) is 0 Å². The van der Waals surface area contributed by atoms with Gasteiger partial charge in [0.05, 0.1) is 6.42 Å². The first-order chi connectivity index (χ1) is 12.4. The minimum Gasteiger partial charge on any atom is -0.345 e. The molecule has 1 aromatic carbocycles. The zero-order valence-corrected chi connectivity index (χ0v) is 15.3. The van der Waals surface area contributed by atoms with Crippen molar-refractivity contribution in [3.8, 4) is 0 Å². The van der Waals surface area contributed by atoms with E-state index in [0.717, 1.165) is 31.2 Å². The third-order valence-electron chi connectivity index (χ3n) is 4.25. The van der Waals surface area contributed by atoms with Gasteiger partial charge >= 0.3 is 11.8 Å². The Balaban J connectivity index is 1.75. The number of carbonyl (C=O) groups excluding carboxylic acids is 3. The summed E-state index contributed by atoms with van der Waals surface area (Å²) in [6, 6.07) is 7.50. The number of rotatable bonds is 5. The van der Waals surface area contributed by atoms with Crippen molar-refractivity contribution < 1.29 is 14.4 Å². The molecule has 3 amide bonds. The van der Waals surface area contributed by atoms with E-state index in [9.17, 15) is 14.4 Å². The number of benzene rings is 1. The predicted molar refractivity (Wildman–Crippen MR) is 101 cm³/mol. The van der Waals surface area contributed by atoms with Crippen LogP contribution in [0.25, 0.3) is 0 Å². The van der Waals surface area contributed by atoms with Crippen molar-refractivity contribution in [1.82, 2.24) is 10.7 Å². The average molecular weight is 358 g/mol. The van der Waals surface area contributed by atoms with Crippen molar-refractivity contribution in [1.29, 1.82) is 0 Å². The van der Waals surface area contributed by atoms with E-state index in [4.69, 9.17) is 0 Å². The van der Waals surface area contributed by atoms with Crippen molar-refractivity contribution in [2.45, 2.75) is 58.4 Å². The summed E-state index contributed by atoms with van der Waals surface area (Å²) in [7, 11) is 0. The van der Waals surface area contributed by atoms with Crippen LogP contribution in [0.1, 0.15) is 51.0 Å². The van der Waals surface area contributed by atoms with Crippen LogP contribution in [0.15, 0.2) is 29.4 Å². The molecule has 7 heteroatoms. The number of aryl methyl sites for hydroxylation is 1.